The Labute approximate surface area is 378 Å². The van der Waals surface area contributed by atoms with Gasteiger partial charge in [0.25, 0.3) is 0 Å². The Morgan fingerprint density at radius 3 is 1.48 bits per heavy atom. The summed E-state index contributed by atoms with van der Waals surface area (Å²) < 4.78 is 0. The van der Waals surface area contributed by atoms with Crippen molar-refractivity contribution in [2.45, 2.75) is 40.0 Å². The molecule has 11 aromatic carbocycles. The normalized spacial score (nSPS) is 14.0. The van der Waals surface area contributed by atoms with Gasteiger partial charge in [-0.2, -0.15) is 0 Å². The summed E-state index contributed by atoms with van der Waals surface area (Å²) in [5.74, 6) is 0. The molecule has 13 rings (SSSR count). The molecule has 0 radical (unpaired) electrons. The van der Waals surface area contributed by atoms with Crippen molar-refractivity contribution in [1.82, 2.24) is 0 Å². The van der Waals surface area contributed by atoms with Crippen LogP contribution in [0, 0.1) is 13.8 Å². The van der Waals surface area contributed by atoms with Crippen LogP contribution in [0.2, 0.25) is 26.2 Å². The van der Waals surface area contributed by atoms with Gasteiger partial charge in [0.15, 0.2) is 0 Å². The van der Waals surface area contributed by atoms with Gasteiger partial charge < -0.3 is 0 Å². The Balaban J connectivity index is 0.000000135. The lowest BCUT2D eigenvalue weighted by Gasteiger charge is -2.24. The van der Waals surface area contributed by atoms with Crippen molar-refractivity contribution >= 4 is 90.8 Å². The van der Waals surface area contributed by atoms with Gasteiger partial charge in [0.1, 0.15) is 16.1 Å². The van der Waals surface area contributed by atoms with Crippen LogP contribution in [0.4, 0.5) is 0 Å². The number of fused-ring (bicyclic) bond motifs is 18. The zero-order valence-electron chi connectivity index (χ0n) is 37.5. The first-order valence-corrected chi connectivity index (χ1v) is 28.9. The first-order chi connectivity index (χ1) is 31.1. The Hall–Kier alpha value is -6.85. The number of rotatable bonds is 2. The van der Waals surface area contributed by atoms with Crippen molar-refractivity contribution in [3.8, 4) is 44.5 Å². The molecule has 0 aromatic heterocycles. The zero-order chi connectivity index (χ0) is 43.5. The molecule has 64 heavy (non-hydrogen) atoms. The number of hydrogen-bond donors (Lipinski definition) is 0. The van der Waals surface area contributed by atoms with E-state index in [1.54, 1.807) is 20.7 Å². The molecule has 2 aliphatic rings. The molecule has 2 heteroatoms. The second-order valence-electron chi connectivity index (χ2n) is 19.3. The lowest BCUT2D eigenvalue weighted by atomic mass is 9.87. The van der Waals surface area contributed by atoms with E-state index in [9.17, 15) is 0 Å². The lowest BCUT2D eigenvalue weighted by molar-refractivity contribution is 1.46. The number of aryl methyl sites for hydroxylation is 2. The summed E-state index contributed by atoms with van der Waals surface area (Å²) in [7, 11) is -3.65. The Bertz CT molecular complexity index is 3740. The van der Waals surface area contributed by atoms with Crippen LogP contribution in [-0.2, 0) is 0 Å². The highest BCUT2D eigenvalue weighted by atomic mass is 28.3. The second-order valence-corrected chi connectivity index (χ2v) is 27.9. The topological polar surface area (TPSA) is 0 Å². The van der Waals surface area contributed by atoms with Crippen molar-refractivity contribution in [2.24, 2.45) is 0 Å². The van der Waals surface area contributed by atoms with E-state index >= 15 is 0 Å². The Morgan fingerprint density at radius 2 is 0.781 bits per heavy atom. The highest BCUT2D eigenvalue weighted by Gasteiger charge is 2.41. The van der Waals surface area contributed by atoms with Gasteiger partial charge in [-0.3, -0.25) is 0 Å². The van der Waals surface area contributed by atoms with E-state index in [0.29, 0.717) is 0 Å². The fourth-order valence-electron chi connectivity index (χ4n) is 11.8. The van der Waals surface area contributed by atoms with E-state index in [2.05, 4.69) is 234 Å². The maximum atomic E-state index is 2.54. The van der Waals surface area contributed by atoms with Crippen LogP contribution < -0.4 is 20.7 Å². The van der Waals surface area contributed by atoms with Crippen molar-refractivity contribution in [3.63, 3.8) is 0 Å². The van der Waals surface area contributed by atoms with Gasteiger partial charge in [-0.25, -0.2) is 0 Å². The van der Waals surface area contributed by atoms with Crippen molar-refractivity contribution in [3.05, 3.63) is 205 Å². The van der Waals surface area contributed by atoms with Gasteiger partial charge in [-0.05, 0) is 133 Å². The van der Waals surface area contributed by atoms with Crippen molar-refractivity contribution < 1.29 is 0 Å². The average Bonchev–Trinajstić information content (AvgIpc) is 3.71. The molecule has 0 bridgehead atoms. The van der Waals surface area contributed by atoms with Crippen LogP contribution in [0.5, 0.6) is 0 Å². The minimum Gasteiger partial charge on any atom is -0.0623 e. The Kier molecular flexibility index (Phi) is 8.69. The van der Waals surface area contributed by atoms with Gasteiger partial charge in [0, 0.05) is 0 Å². The predicted octanol–water partition coefficient (Wildman–Crippen LogP) is 14.7. The molecule has 0 saturated carbocycles. The molecule has 0 amide bonds. The van der Waals surface area contributed by atoms with E-state index in [0.717, 1.165) is 0 Å². The van der Waals surface area contributed by atoms with E-state index < -0.39 is 16.1 Å². The molecule has 0 unspecified atom stereocenters. The third kappa shape index (κ3) is 5.59. The highest BCUT2D eigenvalue weighted by Crippen LogP contribution is 2.46. The first kappa shape index (κ1) is 38.8. The van der Waals surface area contributed by atoms with Gasteiger partial charge in [0.2, 0.25) is 0 Å². The summed E-state index contributed by atoms with van der Waals surface area (Å²) in [4.78, 5) is 0. The minimum absolute atomic E-state index is 1.27. The fourth-order valence-corrected chi connectivity index (χ4v) is 18.4. The molecule has 0 atom stereocenters. The molecule has 2 aliphatic heterocycles. The zero-order valence-corrected chi connectivity index (χ0v) is 39.5. The van der Waals surface area contributed by atoms with Crippen molar-refractivity contribution in [1.29, 1.82) is 0 Å². The molecular formula is C62H50Si2. The van der Waals surface area contributed by atoms with Crippen LogP contribution >= 0.6 is 0 Å². The molecule has 11 aromatic rings. The summed E-state index contributed by atoms with van der Waals surface area (Å²) in [6.45, 7) is 14.5. The first-order valence-electron chi connectivity index (χ1n) is 22.9. The van der Waals surface area contributed by atoms with Gasteiger partial charge in [0.05, 0.1) is 0 Å². The standard InChI is InChI=1S/C31H24Si.C31H26Si/c1-19-16-17-24-26(18-19)20-10-4-5-11-21(20)30-28(24)22-12-6-7-13-23(22)29-25-14-8-9-15-27(25)32(2,3)31(29)30;1-21-17-18-24(27(19-21)22-11-5-4-6-12-22)28-20-30-31(25-14-8-7-13-23(25)28)26-15-9-10-16-29(26)32(30,2)3/h4-18H,1-3H3;4-20H,1-3H3. The monoisotopic (exact) mass is 850 g/mol. The molecule has 0 nitrogen and oxygen atoms in total. The molecule has 0 saturated heterocycles. The average molecular weight is 851 g/mol. The summed E-state index contributed by atoms with van der Waals surface area (Å²) in [5, 5.41) is 20.2. The van der Waals surface area contributed by atoms with E-state index in [1.165, 1.54) is 109 Å². The molecule has 0 fully saturated rings. The quantitative estimate of drug-likeness (QED) is 0.120. The molecule has 0 spiro atoms. The lowest BCUT2D eigenvalue weighted by Crippen LogP contribution is -2.49. The van der Waals surface area contributed by atoms with Crippen LogP contribution in [0.1, 0.15) is 11.1 Å². The predicted molar refractivity (Wildman–Crippen MR) is 285 cm³/mol. The fraction of sp³-hybridized carbons (Fsp3) is 0.0968. The molecule has 306 valence electrons. The van der Waals surface area contributed by atoms with Gasteiger partial charge >= 0.3 is 0 Å². The van der Waals surface area contributed by atoms with Crippen LogP contribution in [0.25, 0.3) is 98.4 Å². The summed E-state index contributed by atoms with van der Waals surface area (Å²) in [6.07, 6.45) is 0. The van der Waals surface area contributed by atoms with E-state index in [1.807, 2.05) is 0 Å². The van der Waals surface area contributed by atoms with Crippen LogP contribution in [0.15, 0.2) is 194 Å². The largest absolute Gasteiger partial charge is 0.114 e. The highest BCUT2D eigenvalue weighted by molar-refractivity contribution is 7.06. The smallest absolute Gasteiger partial charge is 0.0623 e. The van der Waals surface area contributed by atoms with Crippen LogP contribution in [0.3, 0.4) is 0 Å². The van der Waals surface area contributed by atoms with Gasteiger partial charge in [-0.1, -0.05) is 231 Å². The number of hydrogen-bond acceptors (Lipinski definition) is 0. The van der Waals surface area contributed by atoms with Gasteiger partial charge in [-0.15, -0.1) is 0 Å². The Morgan fingerprint density at radius 1 is 0.281 bits per heavy atom. The number of benzene rings is 11. The van der Waals surface area contributed by atoms with Crippen molar-refractivity contribution in [2.75, 3.05) is 0 Å². The SMILES string of the molecule is Cc1ccc(-c2cc3c(c4ccccc24)-c2ccccc2[Si]3(C)C)c(-c2ccccc2)c1.Cc1ccc2c(c1)c1ccccc1c1c3c(c4ccccc4c21)-c1ccccc1[Si]3(C)C. The molecular weight excluding hydrogens is 801 g/mol. The summed E-state index contributed by atoms with van der Waals surface area (Å²) in [5.41, 5.74) is 13.7. The van der Waals surface area contributed by atoms with Crippen LogP contribution in [-0.4, -0.2) is 16.1 Å². The maximum Gasteiger partial charge on any atom is 0.114 e. The van der Waals surface area contributed by atoms with E-state index in [4.69, 9.17) is 0 Å². The van der Waals surface area contributed by atoms with E-state index in [-0.39, 0.29) is 0 Å². The third-order valence-corrected chi connectivity index (χ3v) is 21.8. The summed E-state index contributed by atoms with van der Waals surface area (Å²) >= 11 is 0. The second kappa shape index (κ2) is 14.3. The third-order valence-electron chi connectivity index (χ3n) is 14.8. The molecule has 0 N–H and O–H groups in total. The summed E-state index contributed by atoms with van der Waals surface area (Å²) in [6, 6.07) is 72.6. The minimum atomic E-state index is -1.88. The molecule has 2 heterocycles. The molecule has 0 aliphatic carbocycles. The maximum absolute atomic E-state index is 2.54.